The summed E-state index contributed by atoms with van der Waals surface area (Å²) in [5.74, 6) is -1.27. The van der Waals surface area contributed by atoms with Crippen LogP contribution in [0.25, 0.3) is 11.0 Å². The molecule has 1 aromatic heterocycles. The Morgan fingerprint density at radius 2 is 1.59 bits per heavy atom. The summed E-state index contributed by atoms with van der Waals surface area (Å²) < 4.78 is 2.03. The third-order valence-electron chi connectivity index (χ3n) is 5.45. The Morgan fingerprint density at radius 1 is 0.938 bits per heavy atom. The lowest BCUT2D eigenvalue weighted by Gasteiger charge is -2.19. The van der Waals surface area contributed by atoms with Gasteiger partial charge in [0.05, 0.1) is 22.9 Å². The minimum absolute atomic E-state index is 0.108. The van der Waals surface area contributed by atoms with Crippen molar-refractivity contribution in [2.24, 2.45) is 0 Å². The Bertz CT molecular complexity index is 1280. The summed E-state index contributed by atoms with van der Waals surface area (Å²) in [5.41, 5.74) is 5.45. The van der Waals surface area contributed by atoms with Gasteiger partial charge in [0.1, 0.15) is 0 Å². The van der Waals surface area contributed by atoms with Crippen LogP contribution in [0.1, 0.15) is 52.6 Å². The fourth-order valence-electron chi connectivity index (χ4n) is 3.53. The summed E-state index contributed by atoms with van der Waals surface area (Å²) in [7, 11) is 0. The maximum absolute atomic E-state index is 12.7. The zero-order chi connectivity index (χ0) is 22.9. The maximum atomic E-state index is 12.7. The first-order valence-corrected chi connectivity index (χ1v) is 10.4. The van der Waals surface area contributed by atoms with Crippen molar-refractivity contribution in [3.05, 3.63) is 95.3 Å². The molecule has 0 aliphatic carbocycles. The van der Waals surface area contributed by atoms with Crippen LogP contribution >= 0.6 is 0 Å². The topological polar surface area (TPSA) is 84.2 Å². The summed E-state index contributed by atoms with van der Waals surface area (Å²) in [6.45, 7) is 7.23. The fourth-order valence-corrected chi connectivity index (χ4v) is 3.53. The Hall–Kier alpha value is -3.93. The minimum atomic E-state index is -1.00. The number of imidazole rings is 1. The molecule has 0 radical (unpaired) electrons. The number of nitrogens with zero attached hydrogens (tertiary/aromatic N) is 2. The van der Waals surface area contributed by atoms with Crippen molar-refractivity contribution in [3.63, 3.8) is 0 Å². The maximum Gasteiger partial charge on any atom is 0.335 e. The van der Waals surface area contributed by atoms with Crippen molar-refractivity contribution in [3.8, 4) is 0 Å². The minimum Gasteiger partial charge on any atom is -0.478 e. The Labute approximate surface area is 186 Å². The van der Waals surface area contributed by atoms with Crippen LogP contribution in [0.5, 0.6) is 0 Å². The molecule has 4 aromatic rings. The zero-order valence-corrected chi connectivity index (χ0v) is 18.3. The lowest BCUT2D eigenvalue weighted by atomic mass is 9.87. The van der Waals surface area contributed by atoms with Crippen molar-refractivity contribution in [2.45, 2.75) is 32.7 Å². The van der Waals surface area contributed by atoms with Crippen molar-refractivity contribution in [1.82, 2.24) is 9.55 Å². The molecule has 0 fully saturated rings. The van der Waals surface area contributed by atoms with Gasteiger partial charge in [-0.05, 0) is 59.0 Å². The number of nitrogens with one attached hydrogen (secondary N) is 1. The van der Waals surface area contributed by atoms with E-state index in [4.69, 9.17) is 5.11 Å². The normalized spacial score (nSPS) is 11.5. The molecule has 0 aliphatic rings. The van der Waals surface area contributed by atoms with Crippen LogP contribution in [-0.4, -0.2) is 26.5 Å². The number of carbonyl (C=O) groups is 2. The third kappa shape index (κ3) is 4.54. The molecule has 162 valence electrons. The number of aromatic nitrogens is 2. The predicted molar refractivity (Wildman–Crippen MR) is 125 cm³/mol. The third-order valence-corrected chi connectivity index (χ3v) is 5.45. The van der Waals surface area contributed by atoms with Gasteiger partial charge in [0.25, 0.3) is 5.91 Å². The highest BCUT2D eigenvalue weighted by Gasteiger charge is 2.14. The van der Waals surface area contributed by atoms with E-state index in [0.29, 0.717) is 17.8 Å². The molecule has 4 rings (SSSR count). The SMILES string of the molecule is CC(C)(C)c1ccc(Cn2cnc3ccc(C(=O)Nc4ccc(C(=O)O)cc4)cc32)cc1. The van der Waals surface area contributed by atoms with Gasteiger partial charge in [-0.1, -0.05) is 45.0 Å². The summed E-state index contributed by atoms with van der Waals surface area (Å²) >= 11 is 0. The van der Waals surface area contributed by atoms with Gasteiger partial charge < -0.3 is 15.0 Å². The van der Waals surface area contributed by atoms with E-state index in [9.17, 15) is 9.59 Å². The van der Waals surface area contributed by atoms with Crippen LogP contribution < -0.4 is 5.32 Å². The molecule has 0 bridgehead atoms. The second-order valence-corrected chi connectivity index (χ2v) is 8.86. The second-order valence-electron chi connectivity index (χ2n) is 8.86. The average Bonchev–Trinajstić information content (AvgIpc) is 3.16. The number of anilines is 1. The van der Waals surface area contributed by atoms with Gasteiger partial charge in [0.2, 0.25) is 0 Å². The van der Waals surface area contributed by atoms with Crippen molar-refractivity contribution < 1.29 is 14.7 Å². The quantitative estimate of drug-likeness (QED) is 0.451. The molecule has 0 aliphatic heterocycles. The molecule has 32 heavy (non-hydrogen) atoms. The lowest BCUT2D eigenvalue weighted by molar-refractivity contribution is 0.0696. The first kappa shape index (κ1) is 21.3. The van der Waals surface area contributed by atoms with E-state index < -0.39 is 5.97 Å². The van der Waals surface area contributed by atoms with Gasteiger partial charge in [-0.15, -0.1) is 0 Å². The molecule has 0 unspecified atom stereocenters. The smallest absolute Gasteiger partial charge is 0.335 e. The number of carboxylic acids is 1. The molecule has 1 amide bonds. The fraction of sp³-hybridized carbons (Fsp3) is 0.192. The molecular formula is C26H25N3O3. The van der Waals surface area contributed by atoms with Crippen molar-refractivity contribution >= 4 is 28.6 Å². The van der Waals surface area contributed by atoms with E-state index in [1.807, 2.05) is 16.7 Å². The van der Waals surface area contributed by atoms with E-state index in [1.54, 1.807) is 24.5 Å². The van der Waals surface area contributed by atoms with E-state index in [0.717, 1.165) is 16.6 Å². The molecule has 0 saturated carbocycles. The molecule has 0 saturated heterocycles. The highest BCUT2D eigenvalue weighted by Crippen LogP contribution is 2.23. The number of hydrogen-bond donors (Lipinski definition) is 2. The van der Waals surface area contributed by atoms with E-state index in [2.05, 4.69) is 55.3 Å². The Balaban J connectivity index is 1.54. The molecule has 3 aromatic carbocycles. The number of hydrogen-bond acceptors (Lipinski definition) is 3. The number of amides is 1. The molecule has 6 nitrogen and oxygen atoms in total. The van der Waals surface area contributed by atoms with Gasteiger partial charge in [-0.2, -0.15) is 0 Å². The van der Waals surface area contributed by atoms with Crippen molar-refractivity contribution in [2.75, 3.05) is 5.32 Å². The summed E-state index contributed by atoms with van der Waals surface area (Å²) in [6.07, 6.45) is 1.79. The zero-order valence-electron chi connectivity index (χ0n) is 18.3. The average molecular weight is 428 g/mol. The first-order valence-electron chi connectivity index (χ1n) is 10.4. The standard InChI is InChI=1S/C26H25N3O3/c1-26(2,3)20-9-4-17(5-10-20)15-29-16-27-22-13-8-19(14-23(22)29)24(30)28-21-11-6-18(7-12-21)25(31)32/h4-14,16H,15H2,1-3H3,(H,28,30)(H,31,32). The Kier molecular flexibility index (Phi) is 5.53. The van der Waals surface area contributed by atoms with Gasteiger partial charge in [0, 0.05) is 17.8 Å². The van der Waals surface area contributed by atoms with Crippen LogP contribution in [0.15, 0.2) is 73.1 Å². The van der Waals surface area contributed by atoms with Crippen LogP contribution in [-0.2, 0) is 12.0 Å². The lowest BCUT2D eigenvalue weighted by Crippen LogP contribution is -2.12. The number of rotatable bonds is 5. The largest absolute Gasteiger partial charge is 0.478 e. The summed E-state index contributed by atoms with van der Waals surface area (Å²) in [4.78, 5) is 28.2. The van der Waals surface area contributed by atoms with Gasteiger partial charge in [-0.25, -0.2) is 9.78 Å². The molecule has 6 heteroatoms. The van der Waals surface area contributed by atoms with Crippen LogP contribution in [0.3, 0.4) is 0 Å². The molecule has 0 atom stereocenters. The monoisotopic (exact) mass is 427 g/mol. The number of benzene rings is 3. The van der Waals surface area contributed by atoms with Gasteiger partial charge in [0.15, 0.2) is 0 Å². The number of carbonyl (C=O) groups excluding carboxylic acids is 1. The highest BCUT2D eigenvalue weighted by atomic mass is 16.4. The van der Waals surface area contributed by atoms with Gasteiger partial charge >= 0.3 is 5.97 Å². The van der Waals surface area contributed by atoms with Crippen LogP contribution in [0.4, 0.5) is 5.69 Å². The number of carboxylic acid groups (broad SMARTS) is 1. The second kappa shape index (κ2) is 8.30. The summed E-state index contributed by atoms with van der Waals surface area (Å²) in [5, 5.41) is 11.8. The van der Waals surface area contributed by atoms with E-state index in [1.165, 1.54) is 17.7 Å². The predicted octanol–water partition coefficient (Wildman–Crippen LogP) is 5.33. The molecule has 1 heterocycles. The van der Waals surface area contributed by atoms with E-state index in [-0.39, 0.29) is 16.9 Å². The van der Waals surface area contributed by atoms with Crippen LogP contribution in [0, 0.1) is 0 Å². The van der Waals surface area contributed by atoms with E-state index >= 15 is 0 Å². The summed E-state index contributed by atoms with van der Waals surface area (Å²) in [6, 6.07) is 20.0. The molecular weight excluding hydrogens is 402 g/mol. The van der Waals surface area contributed by atoms with Crippen LogP contribution in [0.2, 0.25) is 0 Å². The van der Waals surface area contributed by atoms with Gasteiger partial charge in [-0.3, -0.25) is 4.79 Å². The first-order chi connectivity index (χ1) is 15.2. The number of aromatic carboxylic acids is 1. The molecule has 0 spiro atoms. The van der Waals surface area contributed by atoms with Crippen molar-refractivity contribution in [1.29, 1.82) is 0 Å². The Morgan fingerprint density at radius 3 is 2.22 bits per heavy atom. The molecule has 2 N–H and O–H groups in total. The highest BCUT2D eigenvalue weighted by molar-refractivity contribution is 6.06. The number of fused-ring (bicyclic) bond motifs is 1.